The Morgan fingerprint density at radius 1 is 1.11 bits per heavy atom. The van der Waals surface area contributed by atoms with E-state index in [2.05, 4.69) is 41.5 Å². The molecule has 0 spiro atoms. The monoisotopic (exact) mass is 445 g/mol. The summed E-state index contributed by atoms with van der Waals surface area (Å²) in [6, 6.07) is 11.5. The van der Waals surface area contributed by atoms with Gasteiger partial charge >= 0.3 is 0 Å². The number of halogens is 2. The molecule has 0 fully saturated rings. The zero-order valence-corrected chi connectivity index (χ0v) is 17.1. The Kier molecular flexibility index (Phi) is 6.53. The number of pyridine rings is 1. The summed E-state index contributed by atoms with van der Waals surface area (Å²) in [5, 5.41) is 16.0. The van der Waals surface area contributed by atoms with Crippen LogP contribution >= 0.6 is 15.9 Å². The molecular weight excluding hydrogens is 425 g/mol. The molecular formula is C20H21BrFN5O. The first-order valence-electron chi connectivity index (χ1n) is 8.86. The first-order chi connectivity index (χ1) is 13.5. The number of rotatable bonds is 7. The first kappa shape index (κ1) is 20.2. The maximum absolute atomic E-state index is 13.4. The predicted octanol–water partition coefficient (Wildman–Crippen LogP) is 4.61. The smallest absolute Gasteiger partial charge is 0.225 e. The highest BCUT2D eigenvalue weighted by atomic mass is 79.9. The molecule has 0 aliphatic heterocycles. The second-order valence-corrected chi connectivity index (χ2v) is 7.46. The van der Waals surface area contributed by atoms with Crippen LogP contribution in [0.5, 0.6) is 0 Å². The van der Waals surface area contributed by atoms with E-state index in [9.17, 15) is 9.50 Å². The normalized spacial score (nSPS) is 12.1. The second-order valence-electron chi connectivity index (χ2n) is 6.60. The minimum Gasteiger partial charge on any atom is -0.394 e. The van der Waals surface area contributed by atoms with E-state index in [1.165, 1.54) is 12.1 Å². The Bertz CT molecular complexity index is 939. The van der Waals surface area contributed by atoms with Crippen molar-refractivity contribution in [3.63, 3.8) is 0 Å². The van der Waals surface area contributed by atoms with Gasteiger partial charge < -0.3 is 15.7 Å². The summed E-state index contributed by atoms with van der Waals surface area (Å²) < 4.78 is 13.9. The molecule has 28 heavy (non-hydrogen) atoms. The van der Waals surface area contributed by atoms with Crippen molar-refractivity contribution in [2.24, 2.45) is 5.92 Å². The fraction of sp³-hybridized carbons (Fsp3) is 0.250. The van der Waals surface area contributed by atoms with Gasteiger partial charge in [-0.25, -0.2) is 9.37 Å². The van der Waals surface area contributed by atoms with Crippen molar-refractivity contribution in [1.82, 2.24) is 15.0 Å². The van der Waals surface area contributed by atoms with Crippen LogP contribution in [0.25, 0.3) is 11.4 Å². The molecule has 1 atom stereocenters. The SMILES string of the molecule is CC(C)[C@@H](CO)Nc1nc(Nc2ccc(F)cc2Br)cc(-c2ccccn2)n1. The summed E-state index contributed by atoms with van der Waals surface area (Å²) >= 11 is 3.35. The van der Waals surface area contributed by atoms with Crippen molar-refractivity contribution >= 4 is 33.4 Å². The van der Waals surface area contributed by atoms with Gasteiger partial charge in [0.05, 0.1) is 29.7 Å². The van der Waals surface area contributed by atoms with E-state index in [4.69, 9.17) is 0 Å². The van der Waals surface area contributed by atoms with E-state index in [1.807, 2.05) is 32.0 Å². The largest absolute Gasteiger partial charge is 0.394 e. The van der Waals surface area contributed by atoms with Gasteiger partial charge in [0.2, 0.25) is 5.95 Å². The third kappa shape index (κ3) is 5.02. The van der Waals surface area contributed by atoms with Crippen molar-refractivity contribution in [3.8, 4) is 11.4 Å². The predicted molar refractivity (Wildman–Crippen MR) is 112 cm³/mol. The number of aliphatic hydroxyl groups excluding tert-OH is 1. The number of nitrogens with one attached hydrogen (secondary N) is 2. The quantitative estimate of drug-likeness (QED) is 0.492. The van der Waals surface area contributed by atoms with Gasteiger partial charge in [-0.3, -0.25) is 4.98 Å². The van der Waals surface area contributed by atoms with Crippen LogP contribution in [-0.4, -0.2) is 32.7 Å². The molecule has 0 saturated carbocycles. The van der Waals surface area contributed by atoms with Crippen LogP contribution in [0.1, 0.15) is 13.8 Å². The highest BCUT2D eigenvalue weighted by Crippen LogP contribution is 2.28. The van der Waals surface area contributed by atoms with Crippen LogP contribution in [0, 0.1) is 11.7 Å². The van der Waals surface area contributed by atoms with Crippen molar-refractivity contribution in [1.29, 1.82) is 0 Å². The Labute approximate surface area is 171 Å². The van der Waals surface area contributed by atoms with Crippen LogP contribution in [0.2, 0.25) is 0 Å². The maximum Gasteiger partial charge on any atom is 0.225 e. The maximum atomic E-state index is 13.4. The lowest BCUT2D eigenvalue weighted by atomic mass is 10.1. The van der Waals surface area contributed by atoms with Crippen LogP contribution in [0.15, 0.2) is 53.1 Å². The molecule has 6 nitrogen and oxygen atoms in total. The molecule has 8 heteroatoms. The van der Waals surface area contributed by atoms with Crippen molar-refractivity contribution in [3.05, 3.63) is 59.0 Å². The van der Waals surface area contributed by atoms with E-state index in [1.54, 1.807) is 18.3 Å². The average Bonchev–Trinajstić information content (AvgIpc) is 2.68. The fourth-order valence-corrected chi connectivity index (χ4v) is 2.99. The standard InChI is InChI=1S/C20H21BrFN5O/c1-12(2)18(11-28)26-20-25-17(16-5-3-4-8-23-16)10-19(27-20)24-15-7-6-13(22)9-14(15)21/h3-10,12,18,28H,11H2,1-2H3,(H2,24,25,26,27)/t18-/m1/s1. The molecule has 3 rings (SSSR count). The Morgan fingerprint density at radius 2 is 1.93 bits per heavy atom. The summed E-state index contributed by atoms with van der Waals surface area (Å²) in [5.41, 5.74) is 1.99. The molecule has 0 aliphatic carbocycles. The summed E-state index contributed by atoms with van der Waals surface area (Å²) in [7, 11) is 0. The fourth-order valence-electron chi connectivity index (χ4n) is 2.54. The molecule has 0 amide bonds. The molecule has 0 unspecified atom stereocenters. The third-order valence-corrected chi connectivity index (χ3v) is 4.82. The van der Waals surface area contributed by atoms with Crippen LogP contribution in [0.4, 0.5) is 21.8 Å². The van der Waals surface area contributed by atoms with E-state index in [0.29, 0.717) is 33.3 Å². The van der Waals surface area contributed by atoms with Gasteiger partial charge in [0.1, 0.15) is 11.6 Å². The number of nitrogens with zero attached hydrogens (tertiary/aromatic N) is 3. The van der Waals surface area contributed by atoms with E-state index in [0.717, 1.165) is 0 Å². The Morgan fingerprint density at radius 3 is 2.57 bits per heavy atom. The van der Waals surface area contributed by atoms with Gasteiger partial charge in [0, 0.05) is 16.7 Å². The molecule has 0 aliphatic rings. The topological polar surface area (TPSA) is 83.0 Å². The highest BCUT2D eigenvalue weighted by molar-refractivity contribution is 9.10. The van der Waals surface area contributed by atoms with Gasteiger partial charge in [-0.1, -0.05) is 19.9 Å². The molecule has 3 N–H and O–H groups in total. The second kappa shape index (κ2) is 9.07. The molecule has 0 bridgehead atoms. The van der Waals surface area contributed by atoms with Gasteiger partial charge in [0.15, 0.2) is 0 Å². The molecule has 0 saturated heterocycles. The minimum absolute atomic E-state index is 0.0406. The van der Waals surface area contributed by atoms with Gasteiger partial charge in [-0.05, 0) is 52.2 Å². The molecule has 3 aromatic rings. The van der Waals surface area contributed by atoms with Crippen molar-refractivity contribution in [2.45, 2.75) is 19.9 Å². The van der Waals surface area contributed by atoms with E-state index in [-0.39, 0.29) is 24.4 Å². The number of benzene rings is 1. The molecule has 0 radical (unpaired) electrons. The Hall–Kier alpha value is -2.58. The number of anilines is 3. The van der Waals surface area contributed by atoms with Crippen molar-refractivity contribution in [2.75, 3.05) is 17.2 Å². The lowest BCUT2D eigenvalue weighted by Crippen LogP contribution is -2.30. The molecule has 2 heterocycles. The number of hydrogen-bond donors (Lipinski definition) is 3. The van der Waals surface area contributed by atoms with E-state index < -0.39 is 0 Å². The Balaban J connectivity index is 1.99. The average molecular weight is 446 g/mol. The zero-order chi connectivity index (χ0) is 20.1. The lowest BCUT2D eigenvalue weighted by molar-refractivity contribution is 0.248. The lowest BCUT2D eigenvalue weighted by Gasteiger charge is -2.20. The van der Waals surface area contributed by atoms with Gasteiger partial charge in [-0.2, -0.15) is 4.98 Å². The minimum atomic E-state index is -0.334. The molecule has 2 aromatic heterocycles. The van der Waals surface area contributed by atoms with Crippen LogP contribution in [0.3, 0.4) is 0 Å². The highest BCUT2D eigenvalue weighted by Gasteiger charge is 2.15. The molecule has 1 aromatic carbocycles. The number of aromatic nitrogens is 3. The first-order valence-corrected chi connectivity index (χ1v) is 9.65. The van der Waals surface area contributed by atoms with Crippen LogP contribution < -0.4 is 10.6 Å². The van der Waals surface area contributed by atoms with Crippen LogP contribution in [-0.2, 0) is 0 Å². The number of aliphatic hydroxyl groups is 1. The summed E-state index contributed by atoms with van der Waals surface area (Å²) in [5.74, 6) is 0.747. The van der Waals surface area contributed by atoms with Crippen molar-refractivity contribution < 1.29 is 9.50 Å². The number of hydrogen-bond acceptors (Lipinski definition) is 6. The third-order valence-electron chi connectivity index (χ3n) is 4.16. The summed E-state index contributed by atoms with van der Waals surface area (Å²) in [6.45, 7) is 3.97. The van der Waals surface area contributed by atoms with E-state index >= 15 is 0 Å². The molecule has 146 valence electrons. The summed E-state index contributed by atoms with van der Waals surface area (Å²) in [6.07, 6.45) is 1.69. The van der Waals surface area contributed by atoms with Gasteiger partial charge in [0.25, 0.3) is 0 Å². The van der Waals surface area contributed by atoms with Gasteiger partial charge in [-0.15, -0.1) is 0 Å². The zero-order valence-electron chi connectivity index (χ0n) is 15.5. The summed E-state index contributed by atoms with van der Waals surface area (Å²) in [4.78, 5) is 13.4.